The fraction of sp³-hybridized carbons (Fsp3) is 0.750. The molecule has 5 nitrogen and oxygen atoms in total. The van der Waals surface area contributed by atoms with Crippen LogP contribution in [-0.4, -0.2) is 36.7 Å². The zero-order chi connectivity index (χ0) is 13.6. The molecule has 0 fully saturated rings. The van der Waals surface area contributed by atoms with Crippen molar-refractivity contribution in [3.63, 3.8) is 0 Å². The predicted octanol–water partition coefficient (Wildman–Crippen LogP) is 0.790. The first-order chi connectivity index (χ1) is 7.84. The highest BCUT2D eigenvalue weighted by atomic mass is 16.2. The zero-order valence-electron chi connectivity index (χ0n) is 11.2. The number of carbonyl (C=O) groups is 3. The van der Waals surface area contributed by atoms with Crippen LogP contribution in [-0.2, 0) is 14.4 Å². The smallest absolute Gasteiger partial charge is 0.232 e. The van der Waals surface area contributed by atoms with Gasteiger partial charge in [0.15, 0.2) is 0 Å². The lowest BCUT2D eigenvalue weighted by atomic mass is 10.0. The van der Waals surface area contributed by atoms with Crippen molar-refractivity contribution in [1.82, 2.24) is 10.2 Å². The minimum Gasteiger partial charge on any atom is -0.359 e. The van der Waals surface area contributed by atoms with Gasteiger partial charge in [0.25, 0.3) is 0 Å². The predicted molar refractivity (Wildman–Crippen MR) is 65.1 cm³/mol. The van der Waals surface area contributed by atoms with Crippen LogP contribution in [0.15, 0.2) is 0 Å². The van der Waals surface area contributed by atoms with Crippen molar-refractivity contribution in [2.45, 2.75) is 33.6 Å². The molecule has 0 saturated heterocycles. The summed E-state index contributed by atoms with van der Waals surface area (Å²) < 4.78 is 0. The summed E-state index contributed by atoms with van der Waals surface area (Å²) in [6.07, 6.45) is 0.799. The molecule has 5 heteroatoms. The van der Waals surface area contributed by atoms with Crippen LogP contribution in [0.4, 0.5) is 0 Å². The van der Waals surface area contributed by atoms with Crippen molar-refractivity contribution in [3.8, 4) is 0 Å². The fourth-order valence-corrected chi connectivity index (χ4v) is 1.41. The summed E-state index contributed by atoms with van der Waals surface area (Å²) in [5, 5.41) is 2.46. The molecule has 0 aliphatic rings. The number of hydrogen-bond acceptors (Lipinski definition) is 3. The van der Waals surface area contributed by atoms with Crippen LogP contribution in [0.2, 0.25) is 0 Å². The topological polar surface area (TPSA) is 66.5 Å². The van der Waals surface area contributed by atoms with E-state index in [-0.39, 0.29) is 30.1 Å². The van der Waals surface area contributed by atoms with E-state index in [1.807, 2.05) is 6.92 Å². The number of nitrogens with one attached hydrogen (secondary N) is 1. The van der Waals surface area contributed by atoms with Gasteiger partial charge in [0, 0.05) is 32.4 Å². The van der Waals surface area contributed by atoms with Crippen molar-refractivity contribution in [2.75, 3.05) is 14.1 Å². The molecule has 0 saturated carbocycles. The van der Waals surface area contributed by atoms with Gasteiger partial charge in [-0.2, -0.15) is 0 Å². The lowest BCUT2D eigenvalue weighted by Crippen LogP contribution is -2.40. The van der Waals surface area contributed by atoms with Crippen molar-refractivity contribution >= 4 is 17.7 Å². The molecule has 0 aromatic heterocycles. The highest BCUT2D eigenvalue weighted by Crippen LogP contribution is 2.11. The summed E-state index contributed by atoms with van der Waals surface area (Å²) in [5.41, 5.74) is 0. The maximum absolute atomic E-state index is 11.9. The Kier molecular flexibility index (Phi) is 6.46. The number of rotatable bonds is 5. The van der Waals surface area contributed by atoms with Gasteiger partial charge in [-0.15, -0.1) is 0 Å². The Morgan fingerprint density at radius 1 is 1.12 bits per heavy atom. The van der Waals surface area contributed by atoms with Gasteiger partial charge < -0.3 is 5.32 Å². The Labute approximate surface area is 103 Å². The van der Waals surface area contributed by atoms with Crippen LogP contribution in [0.5, 0.6) is 0 Å². The molecule has 0 heterocycles. The fourth-order valence-electron chi connectivity index (χ4n) is 1.41. The Morgan fingerprint density at radius 3 is 2.00 bits per heavy atom. The largest absolute Gasteiger partial charge is 0.359 e. The van der Waals surface area contributed by atoms with Crippen molar-refractivity contribution < 1.29 is 14.4 Å². The lowest BCUT2D eigenvalue weighted by Gasteiger charge is -2.22. The second kappa shape index (κ2) is 7.04. The highest BCUT2D eigenvalue weighted by molar-refractivity contribution is 5.98. The molecule has 2 atom stereocenters. The van der Waals surface area contributed by atoms with Gasteiger partial charge in [-0.25, -0.2) is 0 Å². The van der Waals surface area contributed by atoms with E-state index in [1.54, 1.807) is 13.8 Å². The van der Waals surface area contributed by atoms with Crippen LogP contribution >= 0.6 is 0 Å². The molecule has 0 unspecified atom stereocenters. The summed E-state index contributed by atoms with van der Waals surface area (Å²) >= 11 is 0. The minimum absolute atomic E-state index is 0.105. The quantitative estimate of drug-likeness (QED) is 0.775. The van der Waals surface area contributed by atoms with E-state index in [0.717, 1.165) is 4.90 Å². The van der Waals surface area contributed by atoms with Gasteiger partial charge in [0.2, 0.25) is 17.7 Å². The normalized spacial score (nSPS) is 13.7. The Hall–Kier alpha value is -1.39. The molecule has 0 aromatic carbocycles. The van der Waals surface area contributed by atoms with Crippen LogP contribution in [0.1, 0.15) is 33.6 Å². The third-order valence-electron chi connectivity index (χ3n) is 2.89. The third kappa shape index (κ3) is 4.54. The number of carbonyl (C=O) groups excluding carboxylic acids is 3. The second-order valence-electron chi connectivity index (χ2n) is 4.32. The Morgan fingerprint density at radius 2 is 1.59 bits per heavy atom. The van der Waals surface area contributed by atoms with E-state index < -0.39 is 5.92 Å². The Bertz CT molecular complexity index is 302. The van der Waals surface area contributed by atoms with Gasteiger partial charge in [0.1, 0.15) is 0 Å². The summed E-state index contributed by atoms with van der Waals surface area (Å²) in [7, 11) is 2.99. The van der Waals surface area contributed by atoms with E-state index >= 15 is 0 Å². The number of nitrogens with zero attached hydrogens (tertiary/aromatic N) is 1. The monoisotopic (exact) mass is 242 g/mol. The van der Waals surface area contributed by atoms with Gasteiger partial charge >= 0.3 is 0 Å². The van der Waals surface area contributed by atoms with E-state index in [0.29, 0.717) is 6.42 Å². The van der Waals surface area contributed by atoms with Crippen LogP contribution in [0.25, 0.3) is 0 Å². The molecular weight excluding hydrogens is 220 g/mol. The maximum Gasteiger partial charge on any atom is 0.232 e. The number of amides is 3. The average molecular weight is 242 g/mol. The molecule has 0 spiro atoms. The van der Waals surface area contributed by atoms with Crippen molar-refractivity contribution in [2.24, 2.45) is 11.8 Å². The summed E-state index contributed by atoms with van der Waals surface area (Å²) in [4.78, 5) is 35.9. The molecule has 3 amide bonds. The van der Waals surface area contributed by atoms with Gasteiger partial charge in [-0.05, 0) is 6.42 Å². The summed E-state index contributed by atoms with van der Waals surface area (Å²) in [6.45, 7) is 5.34. The standard InChI is InChI=1S/C12H22N2O3/c1-6-8(2)11(16)14(5)12(17)9(3)7-10(15)13-4/h8-9H,6-7H2,1-5H3,(H,13,15)/t8-,9+/m0/s1. The van der Waals surface area contributed by atoms with E-state index in [2.05, 4.69) is 5.32 Å². The Balaban J connectivity index is 4.49. The molecule has 0 rings (SSSR count). The van der Waals surface area contributed by atoms with Gasteiger partial charge in [-0.1, -0.05) is 20.8 Å². The van der Waals surface area contributed by atoms with Gasteiger partial charge in [-0.3, -0.25) is 19.3 Å². The molecule has 0 aliphatic heterocycles. The van der Waals surface area contributed by atoms with E-state index in [1.165, 1.54) is 14.1 Å². The first-order valence-corrected chi connectivity index (χ1v) is 5.87. The van der Waals surface area contributed by atoms with Gasteiger partial charge in [0.05, 0.1) is 0 Å². The molecule has 0 aromatic rings. The SMILES string of the molecule is CC[C@H](C)C(=O)N(C)C(=O)[C@H](C)CC(=O)NC. The minimum atomic E-state index is -0.479. The molecule has 98 valence electrons. The number of imide groups is 1. The molecular formula is C12H22N2O3. The first-order valence-electron chi connectivity index (χ1n) is 5.87. The van der Waals surface area contributed by atoms with E-state index in [9.17, 15) is 14.4 Å². The van der Waals surface area contributed by atoms with Crippen LogP contribution in [0, 0.1) is 11.8 Å². The first kappa shape index (κ1) is 15.6. The highest BCUT2D eigenvalue weighted by Gasteiger charge is 2.26. The van der Waals surface area contributed by atoms with Crippen molar-refractivity contribution in [3.05, 3.63) is 0 Å². The summed E-state index contributed by atoms with van der Waals surface area (Å²) in [6, 6.07) is 0. The van der Waals surface area contributed by atoms with E-state index in [4.69, 9.17) is 0 Å². The molecule has 1 N–H and O–H groups in total. The molecule has 0 aliphatic carbocycles. The third-order valence-corrected chi connectivity index (χ3v) is 2.89. The molecule has 0 bridgehead atoms. The second-order valence-corrected chi connectivity index (χ2v) is 4.32. The van der Waals surface area contributed by atoms with Crippen molar-refractivity contribution in [1.29, 1.82) is 0 Å². The van der Waals surface area contributed by atoms with Crippen LogP contribution < -0.4 is 5.32 Å². The lowest BCUT2D eigenvalue weighted by molar-refractivity contribution is -0.148. The summed E-state index contributed by atoms with van der Waals surface area (Å²) in [5.74, 6) is -1.35. The molecule has 17 heavy (non-hydrogen) atoms. The molecule has 0 radical (unpaired) electrons. The zero-order valence-corrected chi connectivity index (χ0v) is 11.2. The van der Waals surface area contributed by atoms with Crippen LogP contribution in [0.3, 0.4) is 0 Å². The number of hydrogen-bond donors (Lipinski definition) is 1. The average Bonchev–Trinajstić information content (AvgIpc) is 2.34. The maximum atomic E-state index is 11.9.